The fourth-order valence-electron chi connectivity index (χ4n) is 2.83. The van der Waals surface area contributed by atoms with Gasteiger partial charge in [0, 0.05) is 11.4 Å². The number of benzene rings is 1. The zero-order valence-electron chi connectivity index (χ0n) is 15.9. The summed E-state index contributed by atoms with van der Waals surface area (Å²) < 4.78 is 10.7. The van der Waals surface area contributed by atoms with Crippen molar-refractivity contribution in [3.8, 4) is 16.5 Å². The molecule has 0 aliphatic heterocycles. The maximum Gasteiger partial charge on any atom is 0.271 e. The van der Waals surface area contributed by atoms with Crippen molar-refractivity contribution in [2.24, 2.45) is 0 Å². The highest BCUT2D eigenvalue weighted by Gasteiger charge is 2.20. The minimum absolute atomic E-state index is 0.0209. The first-order valence-electron chi connectivity index (χ1n) is 8.59. The van der Waals surface area contributed by atoms with Crippen molar-refractivity contribution in [3.63, 3.8) is 0 Å². The number of aryl methyl sites for hydroxylation is 1. The van der Waals surface area contributed by atoms with Gasteiger partial charge in [0.25, 0.3) is 5.91 Å². The van der Waals surface area contributed by atoms with Crippen LogP contribution in [0.25, 0.3) is 10.8 Å². The highest BCUT2D eigenvalue weighted by Crippen LogP contribution is 2.28. The smallest absolute Gasteiger partial charge is 0.271 e. The van der Waals surface area contributed by atoms with Crippen molar-refractivity contribution in [2.45, 2.75) is 13.0 Å². The van der Waals surface area contributed by atoms with Crippen LogP contribution in [0, 0.1) is 6.92 Å². The molecule has 2 aromatic heterocycles. The second-order valence-corrected chi connectivity index (χ2v) is 7.57. The summed E-state index contributed by atoms with van der Waals surface area (Å²) in [6.45, 7) is 2.36. The Morgan fingerprint density at radius 2 is 2.15 bits per heavy atom. The summed E-state index contributed by atoms with van der Waals surface area (Å²) in [4.78, 5) is 20.1. The normalized spacial score (nSPS) is 12.2. The number of rotatable bonds is 7. The zero-order valence-corrected chi connectivity index (χ0v) is 16.7. The van der Waals surface area contributed by atoms with Crippen LogP contribution in [0.1, 0.15) is 27.0 Å². The molecule has 27 heavy (non-hydrogen) atoms. The summed E-state index contributed by atoms with van der Waals surface area (Å²) in [5, 5.41) is 3.72. The SMILES string of the molecule is COc1cccc(C(CNC(=O)c2nc(-c3ccco3)sc2C)N(C)C)c1. The second-order valence-electron chi connectivity index (χ2n) is 6.37. The van der Waals surface area contributed by atoms with Crippen LogP contribution in [-0.4, -0.2) is 43.5 Å². The maximum atomic E-state index is 12.7. The monoisotopic (exact) mass is 385 g/mol. The number of thiazole rings is 1. The van der Waals surface area contributed by atoms with Gasteiger partial charge in [0.05, 0.1) is 19.4 Å². The Morgan fingerprint density at radius 1 is 1.33 bits per heavy atom. The molecule has 0 fully saturated rings. The minimum Gasteiger partial charge on any atom is -0.497 e. The first-order chi connectivity index (χ1) is 13.0. The van der Waals surface area contributed by atoms with E-state index in [1.54, 1.807) is 13.4 Å². The topological polar surface area (TPSA) is 67.6 Å². The average molecular weight is 385 g/mol. The van der Waals surface area contributed by atoms with Crippen molar-refractivity contribution >= 4 is 17.2 Å². The molecule has 1 N–H and O–H groups in total. The number of ether oxygens (including phenoxy) is 1. The summed E-state index contributed by atoms with van der Waals surface area (Å²) in [5.74, 6) is 1.28. The fraction of sp³-hybridized carbons (Fsp3) is 0.300. The van der Waals surface area contributed by atoms with Crippen molar-refractivity contribution in [1.29, 1.82) is 0 Å². The third-order valence-corrected chi connectivity index (χ3v) is 5.29. The molecule has 1 amide bonds. The summed E-state index contributed by atoms with van der Waals surface area (Å²) in [5.41, 5.74) is 1.51. The molecular formula is C20H23N3O3S. The van der Waals surface area contributed by atoms with Crippen molar-refractivity contribution in [1.82, 2.24) is 15.2 Å². The fourth-order valence-corrected chi connectivity index (χ4v) is 3.71. The molecule has 1 atom stereocenters. The van der Waals surface area contributed by atoms with Crippen molar-refractivity contribution < 1.29 is 13.9 Å². The molecule has 6 nitrogen and oxygen atoms in total. The Hall–Kier alpha value is -2.64. The Morgan fingerprint density at radius 3 is 2.81 bits per heavy atom. The number of carbonyl (C=O) groups excluding carboxylic acids is 1. The lowest BCUT2D eigenvalue weighted by atomic mass is 10.1. The third kappa shape index (κ3) is 4.37. The van der Waals surface area contributed by atoms with Gasteiger partial charge in [-0.05, 0) is 50.8 Å². The predicted octanol–water partition coefficient (Wildman–Crippen LogP) is 3.75. The Bertz CT molecular complexity index is 903. The van der Waals surface area contributed by atoms with E-state index in [4.69, 9.17) is 9.15 Å². The number of hydrogen-bond donors (Lipinski definition) is 1. The van der Waals surface area contributed by atoms with Gasteiger partial charge < -0.3 is 19.4 Å². The molecule has 3 rings (SSSR count). The van der Waals surface area contributed by atoms with E-state index in [1.165, 1.54) is 11.3 Å². The number of aromatic nitrogens is 1. The molecule has 0 aliphatic carbocycles. The quantitative estimate of drug-likeness (QED) is 0.671. The average Bonchev–Trinajstić information content (AvgIpc) is 3.31. The van der Waals surface area contributed by atoms with Crippen molar-refractivity contribution in [2.75, 3.05) is 27.7 Å². The summed E-state index contributed by atoms with van der Waals surface area (Å²) in [6.07, 6.45) is 1.60. The summed E-state index contributed by atoms with van der Waals surface area (Å²) >= 11 is 1.45. The second kappa shape index (κ2) is 8.37. The number of nitrogens with zero attached hydrogens (tertiary/aromatic N) is 2. The molecule has 142 valence electrons. The van der Waals surface area contributed by atoms with Crippen LogP contribution in [0.15, 0.2) is 47.1 Å². The molecule has 0 spiro atoms. The number of furan rings is 1. The maximum absolute atomic E-state index is 12.7. The largest absolute Gasteiger partial charge is 0.497 e. The van der Waals surface area contributed by atoms with Crippen LogP contribution < -0.4 is 10.1 Å². The summed E-state index contributed by atoms with van der Waals surface area (Å²) in [7, 11) is 5.62. The van der Waals surface area contributed by atoms with E-state index in [-0.39, 0.29) is 11.9 Å². The lowest BCUT2D eigenvalue weighted by molar-refractivity contribution is 0.0937. The van der Waals surface area contributed by atoms with Crippen LogP contribution in [-0.2, 0) is 0 Å². The van der Waals surface area contributed by atoms with Gasteiger partial charge in [-0.3, -0.25) is 4.79 Å². The Balaban J connectivity index is 1.73. The number of amides is 1. The molecule has 0 aliphatic rings. The predicted molar refractivity (Wildman–Crippen MR) is 106 cm³/mol. The van der Waals surface area contributed by atoms with E-state index >= 15 is 0 Å². The molecule has 1 aromatic carbocycles. The van der Waals surface area contributed by atoms with E-state index < -0.39 is 0 Å². The van der Waals surface area contributed by atoms with Gasteiger partial charge >= 0.3 is 0 Å². The zero-order chi connectivity index (χ0) is 19.4. The van der Waals surface area contributed by atoms with Gasteiger partial charge in [0.1, 0.15) is 11.4 Å². The van der Waals surface area contributed by atoms with Crippen LogP contribution in [0.4, 0.5) is 0 Å². The number of hydrogen-bond acceptors (Lipinski definition) is 6. The Kier molecular flexibility index (Phi) is 5.93. The molecule has 0 saturated heterocycles. The van der Waals surface area contributed by atoms with Gasteiger partial charge in [0.15, 0.2) is 10.8 Å². The molecular weight excluding hydrogens is 362 g/mol. The van der Waals surface area contributed by atoms with E-state index in [0.29, 0.717) is 23.0 Å². The minimum atomic E-state index is -0.184. The molecule has 0 bridgehead atoms. The van der Waals surface area contributed by atoms with E-state index in [0.717, 1.165) is 16.2 Å². The standard InChI is InChI=1S/C20H23N3O3S/c1-13-18(22-20(27-13)17-9-6-10-26-17)19(24)21-12-16(23(2)3)14-7-5-8-15(11-14)25-4/h5-11,16H,12H2,1-4H3,(H,21,24). The van der Waals surface area contributed by atoms with E-state index in [2.05, 4.69) is 15.2 Å². The van der Waals surface area contributed by atoms with Crippen LogP contribution in [0.2, 0.25) is 0 Å². The Labute approximate surface area is 162 Å². The third-order valence-electron chi connectivity index (χ3n) is 4.30. The number of methoxy groups -OCH3 is 1. The molecule has 1 unspecified atom stereocenters. The van der Waals surface area contributed by atoms with E-state index in [1.807, 2.05) is 57.4 Å². The van der Waals surface area contributed by atoms with Gasteiger partial charge in [-0.15, -0.1) is 11.3 Å². The van der Waals surface area contributed by atoms with Gasteiger partial charge in [-0.1, -0.05) is 12.1 Å². The van der Waals surface area contributed by atoms with Gasteiger partial charge in [-0.25, -0.2) is 4.98 Å². The van der Waals surface area contributed by atoms with E-state index in [9.17, 15) is 4.79 Å². The highest BCUT2D eigenvalue weighted by atomic mass is 32.1. The first kappa shape index (κ1) is 19.1. The van der Waals surface area contributed by atoms with Crippen LogP contribution in [0.5, 0.6) is 5.75 Å². The lowest BCUT2D eigenvalue weighted by Crippen LogP contribution is -2.35. The van der Waals surface area contributed by atoms with Gasteiger partial charge in [0.2, 0.25) is 0 Å². The number of carbonyl (C=O) groups is 1. The number of nitrogens with one attached hydrogen (secondary N) is 1. The molecule has 0 radical (unpaired) electrons. The van der Waals surface area contributed by atoms with Crippen LogP contribution in [0.3, 0.4) is 0 Å². The molecule has 3 aromatic rings. The van der Waals surface area contributed by atoms with Crippen molar-refractivity contribution in [3.05, 3.63) is 58.8 Å². The number of likely N-dealkylation sites (N-methyl/N-ethyl adjacent to an activating group) is 1. The lowest BCUT2D eigenvalue weighted by Gasteiger charge is -2.25. The first-order valence-corrected chi connectivity index (χ1v) is 9.41. The molecule has 0 saturated carbocycles. The van der Waals surface area contributed by atoms with Gasteiger partial charge in [-0.2, -0.15) is 0 Å². The molecule has 7 heteroatoms. The van der Waals surface area contributed by atoms with Crippen LogP contribution >= 0.6 is 11.3 Å². The highest BCUT2D eigenvalue weighted by molar-refractivity contribution is 7.15. The molecule has 2 heterocycles. The summed E-state index contributed by atoms with van der Waals surface area (Å²) in [6, 6.07) is 11.5.